The van der Waals surface area contributed by atoms with Gasteiger partial charge in [0.15, 0.2) is 0 Å². The summed E-state index contributed by atoms with van der Waals surface area (Å²) in [6, 6.07) is 13.5. The molecule has 0 aliphatic heterocycles. The first-order chi connectivity index (χ1) is 13.6. The van der Waals surface area contributed by atoms with Crippen LogP contribution in [0.3, 0.4) is 0 Å². The quantitative estimate of drug-likeness (QED) is 0.630. The van der Waals surface area contributed by atoms with E-state index in [1.807, 2.05) is 12.1 Å². The molecule has 3 aromatic rings. The van der Waals surface area contributed by atoms with Gasteiger partial charge in [-0.15, -0.1) is 0 Å². The number of carbonyl (C=O) groups excluding carboxylic acids is 1. The summed E-state index contributed by atoms with van der Waals surface area (Å²) >= 11 is 0. The van der Waals surface area contributed by atoms with Crippen LogP contribution in [0.1, 0.15) is 29.8 Å². The number of hydrogen-bond acceptors (Lipinski definition) is 5. The van der Waals surface area contributed by atoms with E-state index in [1.165, 1.54) is 11.9 Å². The van der Waals surface area contributed by atoms with Gasteiger partial charge in [-0.2, -0.15) is 0 Å². The normalized spacial score (nSPS) is 10.4. The van der Waals surface area contributed by atoms with Crippen LogP contribution in [-0.2, 0) is 0 Å². The molecule has 144 valence electrons. The number of benzene rings is 1. The van der Waals surface area contributed by atoms with Crippen LogP contribution in [0.4, 0.5) is 22.9 Å². The van der Waals surface area contributed by atoms with Crippen molar-refractivity contribution in [2.24, 2.45) is 0 Å². The number of anilines is 4. The van der Waals surface area contributed by atoms with Gasteiger partial charge in [0.25, 0.3) is 5.91 Å². The van der Waals surface area contributed by atoms with Crippen LogP contribution < -0.4 is 15.5 Å². The van der Waals surface area contributed by atoms with E-state index in [0.29, 0.717) is 11.3 Å². The molecule has 0 bridgehead atoms. The van der Waals surface area contributed by atoms with E-state index >= 15 is 0 Å². The molecule has 0 aliphatic carbocycles. The lowest BCUT2D eigenvalue weighted by molar-refractivity contribution is 0.102. The molecule has 0 saturated heterocycles. The molecule has 0 radical (unpaired) electrons. The largest absolute Gasteiger partial charge is 0.372 e. The van der Waals surface area contributed by atoms with Crippen molar-refractivity contribution < 1.29 is 4.79 Å². The maximum Gasteiger partial charge on any atom is 0.257 e. The third-order valence-electron chi connectivity index (χ3n) is 4.55. The standard InChI is InChI=1S/C22H25N5O/c1-4-27(5-2)19-9-10-20(16(3)13-19)26-21-11-8-18(15-24-21)25-22(28)17-7-6-12-23-14-17/h6-15H,4-5H2,1-3H3,(H,24,26)(H,25,28). The van der Waals surface area contributed by atoms with Crippen molar-refractivity contribution in [1.82, 2.24) is 9.97 Å². The molecule has 2 N–H and O–H groups in total. The highest BCUT2D eigenvalue weighted by molar-refractivity contribution is 6.03. The highest BCUT2D eigenvalue weighted by Crippen LogP contribution is 2.25. The highest BCUT2D eigenvalue weighted by Gasteiger charge is 2.08. The van der Waals surface area contributed by atoms with Crippen LogP contribution >= 0.6 is 0 Å². The van der Waals surface area contributed by atoms with Crippen LogP contribution in [0.2, 0.25) is 0 Å². The smallest absolute Gasteiger partial charge is 0.257 e. The van der Waals surface area contributed by atoms with E-state index in [-0.39, 0.29) is 5.91 Å². The van der Waals surface area contributed by atoms with Crippen molar-refractivity contribution in [1.29, 1.82) is 0 Å². The fraction of sp³-hybridized carbons (Fsp3) is 0.227. The topological polar surface area (TPSA) is 70.2 Å². The zero-order chi connectivity index (χ0) is 19.9. The fourth-order valence-electron chi connectivity index (χ4n) is 2.95. The zero-order valence-electron chi connectivity index (χ0n) is 16.4. The molecule has 28 heavy (non-hydrogen) atoms. The lowest BCUT2D eigenvalue weighted by Crippen LogP contribution is -2.21. The lowest BCUT2D eigenvalue weighted by Gasteiger charge is -2.22. The first-order valence-electron chi connectivity index (χ1n) is 9.40. The second-order valence-electron chi connectivity index (χ2n) is 6.42. The summed E-state index contributed by atoms with van der Waals surface area (Å²) in [6.45, 7) is 8.36. The molecule has 0 spiro atoms. The van der Waals surface area contributed by atoms with Crippen molar-refractivity contribution in [3.05, 3.63) is 72.2 Å². The number of nitrogens with zero attached hydrogens (tertiary/aromatic N) is 3. The number of hydrogen-bond donors (Lipinski definition) is 2. The van der Waals surface area contributed by atoms with Gasteiger partial charge in [-0.3, -0.25) is 9.78 Å². The van der Waals surface area contributed by atoms with Crippen LogP contribution in [0.15, 0.2) is 61.1 Å². The SMILES string of the molecule is CCN(CC)c1ccc(Nc2ccc(NC(=O)c3cccnc3)cn2)c(C)c1. The number of aromatic nitrogens is 2. The molecule has 2 heterocycles. The van der Waals surface area contributed by atoms with Crippen molar-refractivity contribution in [2.75, 3.05) is 28.6 Å². The molecular formula is C22H25N5O. The Bertz CT molecular complexity index is 921. The minimum absolute atomic E-state index is 0.210. The Kier molecular flexibility index (Phi) is 6.22. The van der Waals surface area contributed by atoms with Gasteiger partial charge >= 0.3 is 0 Å². The predicted molar refractivity (Wildman–Crippen MR) is 114 cm³/mol. The predicted octanol–water partition coefficient (Wildman–Crippen LogP) is 4.63. The summed E-state index contributed by atoms with van der Waals surface area (Å²) in [5.74, 6) is 0.511. The van der Waals surface area contributed by atoms with E-state index in [4.69, 9.17) is 0 Å². The maximum absolute atomic E-state index is 12.2. The first-order valence-corrected chi connectivity index (χ1v) is 9.40. The maximum atomic E-state index is 12.2. The van der Waals surface area contributed by atoms with Gasteiger partial charge in [-0.1, -0.05) is 0 Å². The molecule has 0 unspecified atom stereocenters. The van der Waals surface area contributed by atoms with Crippen molar-refractivity contribution in [3.63, 3.8) is 0 Å². The molecule has 6 heteroatoms. The molecule has 0 saturated carbocycles. The Balaban J connectivity index is 1.66. The fourth-order valence-corrected chi connectivity index (χ4v) is 2.95. The minimum atomic E-state index is -0.210. The van der Waals surface area contributed by atoms with Gasteiger partial charge < -0.3 is 15.5 Å². The van der Waals surface area contributed by atoms with Gasteiger partial charge in [0.05, 0.1) is 17.4 Å². The first kappa shape index (κ1) is 19.4. The second kappa shape index (κ2) is 8.99. The Morgan fingerprint density at radius 3 is 2.50 bits per heavy atom. The van der Waals surface area contributed by atoms with Crippen molar-refractivity contribution in [2.45, 2.75) is 20.8 Å². The summed E-state index contributed by atoms with van der Waals surface area (Å²) in [7, 11) is 0. The number of rotatable bonds is 7. The molecule has 0 aliphatic rings. The number of nitrogens with one attached hydrogen (secondary N) is 2. The number of amides is 1. The minimum Gasteiger partial charge on any atom is -0.372 e. The summed E-state index contributed by atoms with van der Waals surface area (Å²) in [4.78, 5) is 22.8. The molecule has 3 rings (SSSR count). The highest BCUT2D eigenvalue weighted by atomic mass is 16.1. The molecule has 1 aromatic carbocycles. The van der Waals surface area contributed by atoms with Gasteiger partial charge in [0.1, 0.15) is 5.82 Å². The van der Waals surface area contributed by atoms with E-state index in [0.717, 1.165) is 30.2 Å². The van der Waals surface area contributed by atoms with Crippen molar-refractivity contribution >= 4 is 28.8 Å². The average molecular weight is 375 g/mol. The molecular weight excluding hydrogens is 350 g/mol. The number of pyridine rings is 2. The van der Waals surface area contributed by atoms with Crippen molar-refractivity contribution in [3.8, 4) is 0 Å². The van der Waals surface area contributed by atoms with Gasteiger partial charge in [-0.25, -0.2) is 4.98 Å². The molecule has 0 atom stereocenters. The summed E-state index contributed by atoms with van der Waals surface area (Å²) in [6.07, 6.45) is 4.80. The third-order valence-corrected chi connectivity index (χ3v) is 4.55. The summed E-state index contributed by atoms with van der Waals surface area (Å²) in [5.41, 5.74) is 4.52. The van der Waals surface area contributed by atoms with Crippen LogP contribution in [-0.4, -0.2) is 29.0 Å². The van der Waals surface area contributed by atoms with Crippen LogP contribution in [0.25, 0.3) is 0 Å². The third kappa shape index (κ3) is 4.65. The summed E-state index contributed by atoms with van der Waals surface area (Å²) in [5, 5.41) is 6.15. The molecule has 0 fully saturated rings. The summed E-state index contributed by atoms with van der Waals surface area (Å²) < 4.78 is 0. The Labute approximate surface area is 165 Å². The van der Waals surface area contributed by atoms with Gasteiger partial charge in [0.2, 0.25) is 0 Å². The van der Waals surface area contributed by atoms with Crippen LogP contribution in [0, 0.1) is 6.92 Å². The van der Waals surface area contributed by atoms with Gasteiger partial charge in [0, 0.05) is 36.9 Å². The second-order valence-corrected chi connectivity index (χ2v) is 6.42. The molecule has 6 nitrogen and oxygen atoms in total. The van der Waals surface area contributed by atoms with E-state index in [1.54, 1.807) is 24.5 Å². The molecule has 1 amide bonds. The van der Waals surface area contributed by atoms with E-state index < -0.39 is 0 Å². The Morgan fingerprint density at radius 2 is 1.89 bits per heavy atom. The molecule has 2 aromatic heterocycles. The number of aryl methyl sites for hydroxylation is 1. The zero-order valence-corrected chi connectivity index (χ0v) is 16.4. The van der Waals surface area contributed by atoms with Crippen LogP contribution in [0.5, 0.6) is 0 Å². The Hall–Kier alpha value is -3.41. The number of carbonyl (C=O) groups is 1. The lowest BCUT2D eigenvalue weighted by atomic mass is 10.1. The van der Waals surface area contributed by atoms with Gasteiger partial charge in [-0.05, 0) is 68.8 Å². The average Bonchev–Trinajstić information content (AvgIpc) is 2.73. The Morgan fingerprint density at radius 1 is 1.07 bits per heavy atom. The monoisotopic (exact) mass is 375 g/mol. The van der Waals surface area contributed by atoms with E-state index in [2.05, 4.69) is 64.5 Å². The van der Waals surface area contributed by atoms with E-state index in [9.17, 15) is 4.79 Å².